The van der Waals surface area contributed by atoms with Gasteiger partial charge in [-0.2, -0.15) is 0 Å². The van der Waals surface area contributed by atoms with Gasteiger partial charge in [-0.3, -0.25) is 14.4 Å². The fourth-order valence-electron chi connectivity index (χ4n) is 8.71. The van der Waals surface area contributed by atoms with Gasteiger partial charge in [0.1, 0.15) is 13.2 Å². The maximum atomic E-state index is 13.0. The molecule has 0 N–H and O–H groups in total. The first-order chi connectivity index (χ1) is 41.0. The van der Waals surface area contributed by atoms with Crippen LogP contribution >= 0.6 is 0 Å². The van der Waals surface area contributed by atoms with E-state index in [2.05, 4.69) is 191 Å². The number of hydrogen-bond acceptors (Lipinski definition) is 6. The molecule has 0 aliphatic rings. The first-order valence-corrected chi connectivity index (χ1v) is 33.6. The molecule has 0 radical (unpaired) electrons. The summed E-state index contributed by atoms with van der Waals surface area (Å²) in [6.07, 6.45) is 102. The predicted molar refractivity (Wildman–Crippen MR) is 361 cm³/mol. The van der Waals surface area contributed by atoms with Crippen LogP contribution in [0.1, 0.15) is 278 Å². The number of allylic oxidation sites excluding steroid dienone is 28. The second-order valence-corrected chi connectivity index (χ2v) is 21.6. The van der Waals surface area contributed by atoms with Crippen molar-refractivity contribution in [2.75, 3.05) is 13.2 Å². The van der Waals surface area contributed by atoms with Gasteiger partial charge >= 0.3 is 17.9 Å². The molecule has 0 aromatic heterocycles. The number of carbonyl (C=O) groups excluding carboxylic acids is 3. The highest BCUT2D eigenvalue weighted by Crippen LogP contribution is 2.14. The summed E-state index contributed by atoms with van der Waals surface area (Å²) in [4.78, 5) is 38.4. The van der Waals surface area contributed by atoms with Gasteiger partial charge in [0.2, 0.25) is 0 Å². The highest BCUT2D eigenvalue weighted by molar-refractivity contribution is 5.71. The molecule has 0 aromatic carbocycles. The Hall–Kier alpha value is -5.23. The molecule has 0 spiro atoms. The Balaban J connectivity index is 4.55. The van der Waals surface area contributed by atoms with Gasteiger partial charge in [0.15, 0.2) is 6.10 Å². The standard InChI is InChI=1S/C77H122O6/c1-4-7-10-13-16-19-22-25-28-31-34-36-37-38-39-41-43-46-49-52-55-58-61-64-67-70-76(79)82-73-74(72-81-75(78)69-66-63-60-57-54-51-48-45-42-33-30-27-24-21-18-15-12-9-6-3)83-77(80)71-68-65-62-59-56-53-50-47-44-40-35-32-29-26-23-20-17-14-11-8-5-2/h7,9-10,12,16,18-19,21,23,25-28,30,32,34-36,38-39,42-43,45-46,51-52,54-55,74H,4-6,8,11,13-15,17,20,22,24,29,31,33,37,40-41,44,47-50,53,56-73H2,1-3H3/b10-7-,12-9-,19-16-,21-18-,26-23-,28-25-,30-27-,35-32-,36-34-,39-38-,45-42-,46-43-,54-51-,55-52-. The molecule has 466 valence electrons. The molecule has 0 saturated heterocycles. The van der Waals surface area contributed by atoms with Gasteiger partial charge < -0.3 is 14.2 Å². The molecule has 0 aliphatic heterocycles. The Morgan fingerprint density at radius 2 is 0.470 bits per heavy atom. The summed E-state index contributed by atoms with van der Waals surface area (Å²) in [5, 5.41) is 0. The van der Waals surface area contributed by atoms with Crippen LogP contribution in [0.5, 0.6) is 0 Å². The summed E-state index contributed by atoms with van der Waals surface area (Å²) >= 11 is 0. The smallest absolute Gasteiger partial charge is 0.306 e. The van der Waals surface area contributed by atoms with Crippen molar-refractivity contribution < 1.29 is 28.6 Å². The van der Waals surface area contributed by atoms with E-state index in [1.165, 1.54) is 83.5 Å². The normalized spacial score (nSPS) is 13.2. The summed E-state index contributed by atoms with van der Waals surface area (Å²) in [5.74, 6) is -0.983. The minimum atomic E-state index is -0.820. The van der Waals surface area contributed by atoms with Crippen LogP contribution < -0.4 is 0 Å². The van der Waals surface area contributed by atoms with Crippen LogP contribution in [-0.2, 0) is 28.6 Å². The Labute approximate surface area is 511 Å². The van der Waals surface area contributed by atoms with Crippen LogP contribution in [-0.4, -0.2) is 37.2 Å². The van der Waals surface area contributed by atoms with E-state index in [0.29, 0.717) is 19.3 Å². The Bertz CT molecular complexity index is 1890. The number of ether oxygens (including phenoxy) is 3. The number of unbranched alkanes of at least 4 members (excludes halogenated alkanes) is 20. The van der Waals surface area contributed by atoms with Crippen molar-refractivity contribution in [2.45, 2.75) is 284 Å². The average molecular weight is 1140 g/mol. The van der Waals surface area contributed by atoms with Gasteiger partial charge in [0.25, 0.3) is 0 Å². The maximum absolute atomic E-state index is 13.0. The first kappa shape index (κ1) is 77.8. The van der Waals surface area contributed by atoms with Crippen LogP contribution in [0, 0.1) is 0 Å². The highest BCUT2D eigenvalue weighted by Gasteiger charge is 2.19. The van der Waals surface area contributed by atoms with Gasteiger partial charge in [-0.15, -0.1) is 0 Å². The Morgan fingerprint density at radius 3 is 0.747 bits per heavy atom. The molecule has 0 fully saturated rings. The molecule has 6 heteroatoms. The van der Waals surface area contributed by atoms with Crippen LogP contribution in [0.4, 0.5) is 0 Å². The third-order valence-corrected chi connectivity index (χ3v) is 13.7. The maximum Gasteiger partial charge on any atom is 0.306 e. The fourth-order valence-corrected chi connectivity index (χ4v) is 8.71. The van der Waals surface area contributed by atoms with Crippen LogP contribution in [0.3, 0.4) is 0 Å². The van der Waals surface area contributed by atoms with Crippen molar-refractivity contribution in [3.8, 4) is 0 Å². The van der Waals surface area contributed by atoms with Crippen molar-refractivity contribution in [3.05, 3.63) is 170 Å². The van der Waals surface area contributed by atoms with Crippen molar-refractivity contribution in [3.63, 3.8) is 0 Å². The minimum absolute atomic E-state index is 0.115. The second-order valence-electron chi connectivity index (χ2n) is 21.6. The third kappa shape index (κ3) is 67.4. The molecular formula is C77H122O6. The SMILES string of the molecule is CC/C=C\C/C=C\C/C=C\C/C=C\C/C=C\C/C=C\C/C=C\CCCCCC(=O)OCC(COC(=O)CCCCC/C=C\C/C=C\C/C=C\C/C=C\C/C=C\CC)OC(=O)CCCCCCCCCCC/C=C\C/C=C\CCCCCCC. The summed E-state index contributed by atoms with van der Waals surface area (Å²) < 4.78 is 16.9. The first-order valence-electron chi connectivity index (χ1n) is 33.6. The van der Waals surface area contributed by atoms with Crippen LogP contribution in [0.2, 0.25) is 0 Å². The Kier molecular flexibility index (Phi) is 64.9. The number of hydrogen-bond donors (Lipinski definition) is 0. The highest BCUT2D eigenvalue weighted by atomic mass is 16.6. The lowest BCUT2D eigenvalue weighted by atomic mass is 10.1. The molecule has 1 unspecified atom stereocenters. The molecule has 6 nitrogen and oxygen atoms in total. The molecule has 0 bridgehead atoms. The summed E-state index contributed by atoms with van der Waals surface area (Å²) in [5.41, 5.74) is 0. The van der Waals surface area contributed by atoms with E-state index < -0.39 is 6.10 Å². The van der Waals surface area contributed by atoms with Crippen molar-refractivity contribution in [1.29, 1.82) is 0 Å². The summed E-state index contributed by atoms with van der Waals surface area (Å²) in [7, 11) is 0. The molecule has 1 atom stereocenters. The van der Waals surface area contributed by atoms with Gasteiger partial charge in [-0.25, -0.2) is 0 Å². The average Bonchev–Trinajstić information content (AvgIpc) is 3.50. The van der Waals surface area contributed by atoms with E-state index in [1.807, 2.05) is 0 Å². The number of rotatable bonds is 59. The summed E-state index contributed by atoms with van der Waals surface area (Å²) in [6, 6.07) is 0. The van der Waals surface area contributed by atoms with Crippen LogP contribution in [0.15, 0.2) is 170 Å². The monoisotopic (exact) mass is 1140 g/mol. The van der Waals surface area contributed by atoms with E-state index in [0.717, 1.165) is 154 Å². The van der Waals surface area contributed by atoms with Crippen molar-refractivity contribution in [1.82, 2.24) is 0 Å². The van der Waals surface area contributed by atoms with E-state index in [4.69, 9.17) is 14.2 Å². The topological polar surface area (TPSA) is 78.9 Å². The lowest BCUT2D eigenvalue weighted by Gasteiger charge is -2.18. The lowest BCUT2D eigenvalue weighted by Crippen LogP contribution is -2.30. The molecule has 83 heavy (non-hydrogen) atoms. The van der Waals surface area contributed by atoms with Gasteiger partial charge in [0.05, 0.1) is 0 Å². The third-order valence-electron chi connectivity index (χ3n) is 13.7. The molecular weight excluding hydrogens is 1020 g/mol. The molecule has 0 amide bonds. The van der Waals surface area contributed by atoms with Crippen LogP contribution in [0.25, 0.3) is 0 Å². The van der Waals surface area contributed by atoms with E-state index in [-0.39, 0.29) is 31.1 Å². The minimum Gasteiger partial charge on any atom is -0.462 e. The van der Waals surface area contributed by atoms with E-state index >= 15 is 0 Å². The molecule has 0 heterocycles. The zero-order chi connectivity index (χ0) is 59.9. The van der Waals surface area contributed by atoms with Gasteiger partial charge in [-0.1, -0.05) is 274 Å². The molecule has 0 saturated carbocycles. The van der Waals surface area contributed by atoms with E-state index in [9.17, 15) is 14.4 Å². The number of esters is 3. The largest absolute Gasteiger partial charge is 0.462 e. The molecule has 0 aromatic rings. The molecule has 0 aliphatic carbocycles. The van der Waals surface area contributed by atoms with Crippen molar-refractivity contribution in [2.24, 2.45) is 0 Å². The molecule has 0 rings (SSSR count). The number of carbonyl (C=O) groups is 3. The van der Waals surface area contributed by atoms with Gasteiger partial charge in [-0.05, 0) is 154 Å². The van der Waals surface area contributed by atoms with Gasteiger partial charge in [0, 0.05) is 19.3 Å². The fraction of sp³-hybridized carbons (Fsp3) is 0.597. The Morgan fingerprint density at radius 1 is 0.253 bits per heavy atom. The zero-order valence-corrected chi connectivity index (χ0v) is 53.4. The quantitative estimate of drug-likeness (QED) is 0.0261. The second kappa shape index (κ2) is 69.3. The summed E-state index contributed by atoms with van der Waals surface area (Å²) in [6.45, 7) is 6.35. The predicted octanol–water partition coefficient (Wildman–Crippen LogP) is 23.4. The lowest BCUT2D eigenvalue weighted by molar-refractivity contribution is -0.167. The van der Waals surface area contributed by atoms with E-state index in [1.54, 1.807) is 0 Å². The zero-order valence-electron chi connectivity index (χ0n) is 53.4. The van der Waals surface area contributed by atoms with Crippen molar-refractivity contribution >= 4 is 17.9 Å².